The lowest BCUT2D eigenvalue weighted by molar-refractivity contribution is 0.340. The van der Waals surface area contributed by atoms with E-state index in [1.165, 1.54) is 11.8 Å². The van der Waals surface area contributed by atoms with Crippen LogP contribution in [0.15, 0.2) is 88.4 Å². The minimum atomic E-state index is 0.467. The average molecular weight is 500 g/mol. The van der Waals surface area contributed by atoms with E-state index < -0.39 is 0 Å². The predicted molar refractivity (Wildman–Crippen MR) is 138 cm³/mol. The van der Waals surface area contributed by atoms with E-state index in [-0.39, 0.29) is 0 Å². The Labute approximate surface area is 213 Å². The van der Waals surface area contributed by atoms with Gasteiger partial charge in [0.25, 0.3) is 0 Å². The van der Waals surface area contributed by atoms with Crippen molar-refractivity contribution in [1.82, 2.24) is 25.0 Å². The molecule has 5 aromatic rings. The first-order chi connectivity index (χ1) is 17.7. The van der Waals surface area contributed by atoms with Crippen LogP contribution in [0.25, 0.3) is 17.1 Å². The van der Waals surface area contributed by atoms with Crippen molar-refractivity contribution >= 4 is 11.8 Å². The maximum Gasteiger partial charge on any atom is 0.226 e. The zero-order valence-corrected chi connectivity index (χ0v) is 20.8. The third-order valence-corrected chi connectivity index (χ3v) is 6.31. The highest BCUT2D eigenvalue weighted by atomic mass is 32.2. The molecule has 0 bridgehead atoms. The van der Waals surface area contributed by atoms with Gasteiger partial charge < -0.3 is 13.9 Å². The first kappa shape index (κ1) is 23.6. The molecule has 0 spiro atoms. The number of benzene rings is 3. The molecule has 2 aromatic heterocycles. The maximum absolute atomic E-state index is 5.89. The van der Waals surface area contributed by atoms with Crippen molar-refractivity contribution in [3.8, 4) is 28.6 Å². The summed E-state index contributed by atoms with van der Waals surface area (Å²) >= 11 is 1.49. The molecule has 0 aliphatic heterocycles. The van der Waals surface area contributed by atoms with E-state index in [4.69, 9.17) is 13.9 Å². The number of hydrogen-bond acceptors (Lipinski definition) is 8. The molecule has 0 atom stereocenters. The molecule has 0 saturated carbocycles. The van der Waals surface area contributed by atoms with Crippen LogP contribution in [-0.2, 0) is 12.2 Å². The van der Waals surface area contributed by atoms with Crippen molar-refractivity contribution < 1.29 is 13.9 Å². The lowest BCUT2D eigenvalue weighted by atomic mass is 10.2. The molecule has 0 aliphatic carbocycles. The Hall–Kier alpha value is -4.11. The highest BCUT2D eigenvalue weighted by Crippen LogP contribution is 2.31. The van der Waals surface area contributed by atoms with E-state index in [0.29, 0.717) is 41.5 Å². The van der Waals surface area contributed by atoms with Crippen molar-refractivity contribution in [2.75, 3.05) is 13.7 Å². The maximum atomic E-state index is 5.89. The van der Waals surface area contributed by atoms with Crippen molar-refractivity contribution in [2.45, 2.75) is 24.3 Å². The van der Waals surface area contributed by atoms with Crippen LogP contribution in [0, 0.1) is 0 Å². The summed E-state index contributed by atoms with van der Waals surface area (Å²) in [5, 5.41) is 18.1. The Morgan fingerprint density at radius 1 is 0.833 bits per heavy atom. The Balaban J connectivity index is 1.41. The number of nitrogens with zero attached hydrogens (tertiary/aromatic N) is 5. The van der Waals surface area contributed by atoms with Gasteiger partial charge in [0.05, 0.1) is 25.9 Å². The minimum absolute atomic E-state index is 0.467. The Morgan fingerprint density at radius 3 is 2.42 bits per heavy atom. The van der Waals surface area contributed by atoms with Crippen LogP contribution < -0.4 is 9.47 Å². The second-order valence-electron chi connectivity index (χ2n) is 7.84. The van der Waals surface area contributed by atoms with Gasteiger partial charge in [-0.3, -0.25) is 4.57 Å². The van der Waals surface area contributed by atoms with Crippen LogP contribution >= 0.6 is 11.8 Å². The number of rotatable bonds is 10. The molecule has 0 unspecified atom stereocenters. The summed E-state index contributed by atoms with van der Waals surface area (Å²) in [7, 11) is 1.65. The van der Waals surface area contributed by atoms with Gasteiger partial charge in [-0.1, -0.05) is 54.2 Å². The number of ether oxygens (including phenoxy) is 2. The van der Waals surface area contributed by atoms with Gasteiger partial charge in [0.15, 0.2) is 11.0 Å². The highest BCUT2D eigenvalue weighted by molar-refractivity contribution is 7.98. The SMILES string of the molecule is CCOc1ccc(-n2c(SCc3nnc(Cc4ccccc4)o3)nnc2-c2cccc(OC)c2)cc1. The number of aromatic nitrogens is 5. The average Bonchev–Trinajstić information content (AvgIpc) is 3.55. The van der Waals surface area contributed by atoms with E-state index in [0.717, 1.165) is 28.3 Å². The van der Waals surface area contributed by atoms with E-state index in [1.807, 2.05) is 90.4 Å². The molecular formula is C27H25N5O3S. The van der Waals surface area contributed by atoms with Gasteiger partial charge in [-0.2, -0.15) is 0 Å². The van der Waals surface area contributed by atoms with Crippen LogP contribution in [0.2, 0.25) is 0 Å². The molecule has 0 saturated heterocycles. The molecule has 3 aromatic carbocycles. The van der Waals surface area contributed by atoms with Crippen LogP contribution in [0.5, 0.6) is 11.5 Å². The van der Waals surface area contributed by atoms with Crippen molar-refractivity contribution in [3.05, 3.63) is 96.2 Å². The summed E-state index contributed by atoms with van der Waals surface area (Å²) in [6, 6.07) is 25.7. The largest absolute Gasteiger partial charge is 0.497 e. The first-order valence-corrected chi connectivity index (χ1v) is 12.5. The fourth-order valence-corrected chi connectivity index (χ4v) is 4.51. The van der Waals surface area contributed by atoms with Gasteiger partial charge in [-0.15, -0.1) is 20.4 Å². The minimum Gasteiger partial charge on any atom is -0.497 e. The van der Waals surface area contributed by atoms with Crippen LogP contribution in [0.3, 0.4) is 0 Å². The van der Waals surface area contributed by atoms with Crippen LogP contribution in [-0.4, -0.2) is 38.7 Å². The molecule has 0 aliphatic rings. The molecule has 36 heavy (non-hydrogen) atoms. The first-order valence-electron chi connectivity index (χ1n) is 11.5. The molecule has 0 radical (unpaired) electrons. The van der Waals surface area contributed by atoms with Gasteiger partial charge in [0.1, 0.15) is 11.5 Å². The summed E-state index contributed by atoms with van der Waals surface area (Å²) in [6.07, 6.45) is 0.598. The summed E-state index contributed by atoms with van der Waals surface area (Å²) in [5.41, 5.74) is 2.93. The lowest BCUT2D eigenvalue weighted by Gasteiger charge is -2.11. The molecule has 0 fully saturated rings. The topological polar surface area (TPSA) is 88.1 Å². The molecule has 0 amide bonds. The molecule has 2 heterocycles. The molecule has 9 heteroatoms. The summed E-state index contributed by atoms with van der Waals surface area (Å²) in [5.74, 6) is 3.85. The normalized spacial score (nSPS) is 10.9. The predicted octanol–water partition coefficient (Wildman–Crippen LogP) is 5.61. The van der Waals surface area contributed by atoms with Gasteiger partial charge in [-0.05, 0) is 48.9 Å². The van der Waals surface area contributed by atoms with Crippen LogP contribution in [0.1, 0.15) is 24.3 Å². The van der Waals surface area contributed by atoms with Crippen molar-refractivity contribution in [1.29, 1.82) is 0 Å². The number of methoxy groups -OCH3 is 1. The van der Waals surface area contributed by atoms with Crippen LogP contribution in [0.4, 0.5) is 0 Å². The number of thioether (sulfide) groups is 1. The molecular weight excluding hydrogens is 474 g/mol. The van der Waals surface area contributed by atoms with Crippen molar-refractivity contribution in [2.24, 2.45) is 0 Å². The zero-order valence-electron chi connectivity index (χ0n) is 20.0. The quantitative estimate of drug-likeness (QED) is 0.229. The van der Waals surface area contributed by atoms with Gasteiger partial charge >= 0.3 is 0 Å². The van der Waals surface area contributed by atoms with Gasteiger partial charge in [0.2, 0.25) is 11.8 Å². The van der Waals surface area contributed by atoms with Gasteiger partial charge in [0, 0.05) is 11.3 Å². The second-order valence-corrected chi connectivity index (χ2v) is 8.78. The zero-order chi connectivity index (χ0) is 24.7. The monoisotopic (exact) mass is 499 g/mol. The smallest absolute Gasteiger partial charge is 0.226 e. The van der Waals surface area contributed by atoms with E-state index in [2.05, 4.69) is 20.4 Å². The fourth-order valence-electron chi connectivity index (χ4n) is 3.72. The third-order valence-electron chi connectivity index (χ3n) is 5.40. The summed E-state index contributed by atoms with van der Waals surface area (Å²) < 4.78 is 18.9. The second kappa shape index (κ2) is 11.1. The molecule has 8 nitrogen and oxygen atoms in total. The van der Waals surface area contributed by atoms with Gasteiger partial charge in [-0.25, -0.2) is 0 Å². The molecule has 5 rings (SSSR count). The fraction of sp³-hybridized carbons (Fsp3) is 0.185. The standard InChI is InChI=1S/C27H25N5O3S/c1-3-34-22-14-12-21(13-15-22)32-26(20-10-7-11-23(17-20)33-2)30-31-27(32)36-18-25-29-28-24(35-25)16-19-8-5-4-6-9-19/h4-15,17H,3,16,18H2,1-2H3. The summed E-state index contributed by atoms with van der Waals surface area (Å²) in [6.45, 7) is 2.57. The third kappa shape index (κ3) is 5.41. The number of hydrogen-bond donors (Lipinski definition) is 0. The molecule has 182 valence electrons. The lowest BCUT2D eigenvalue weighted by Crippen LogP contribution is -2.00. The highest BCUT2D eigenvalue weighted by Gasteiger charge is 2.18. The van der Waals surface area contributed by atoms with E-state index in [1.54, 1.807) is 7.11 Å². The Bertz CT molecular complexity index is 1420. The Kier molecular flexibility index (Phi) is 7.28. The summed E-state index contributed by atoms with van der Waals surface area (Å²) in [4.78, 5) is 0. The Morgan fingerprint density at radius 2 is 1.64 bits per heavy atom. The van der Waals surface area contributed by atoms with E-state index >= 15 is 0 Å². The molecule has 0 N–H and O–H groups in total. The van der Waals surface area contributed by atoms with E-state index in [9.17, 15) is 0 Å². The van der Waals surface area contributed by atoms with Crippen molar-refractivity contribution in [3.63, 3.8) is 0 Å².